The van der Waals surface area contributed by atoms with Crippen LogP contribution in [-0.4, -0.2) is 39.1 Å². The van der Waals surface area contributed by atoms with Crippen LogP contribution in [0.1, 0.15) is 35.6 Å². The standard InChI is InChI=1S/C20H21BN4O4/c1-12(2)29-17-7-5-16(6-8-17)25-13(3)19(23-24-25)20(26)22-15-4-9-18-14(10-15)11-28-21(18)27/h4-10,12,27H,11H2,1-3H3,(H,22,26). The number of nitrogens with zero attached hydrogens (tertiary/aromatic N) is 3. The fourth-order valence-corrected chi connectivity index (χ4v) is 3.22. The Kier molecular flexibility index (Phi) is 5.08. The highest BCUT2D eigenvalue weighted by Crippen LogP contribution is 2.20. The third-order valence-corrected chi connectivity index (χ3v) is 4.63. The Balaban J connectivity index is 1.51. The maximum atomic E-state index is 12.7. The van der Waals surface area contributed by atoms with Crippen LogP contribution in [0.5, 0.6) is 5.75 Å². The number of carbonyl (C=O) groups excluding carboxylic acids is 1. The van der Waals surface area contributed by atoms with E-state index in [-0.39, 0.29) is 17.7 Å². The summed E-state index contributed by atoms with van der Waals surface area (Å²) in [6, 6.07) is 12.7. The summed E-state index contributed by atoms with van der Waals surface area (Å²) in [7, 11) is -0.908. The second-order valence-electron chi connectivity index (χ2n) is 7.13. The van der Waals surface area contributed by atoms with Gasteiger partial charge in [-0.1, -0.05) is 11.3 Å². The molecule has 2 heterocycles. The van der Waals surface area contributed by atoms with E-state index in [1.165, 1.54) is 0 Å². The van der Waals surface area contributed by atoms with Crippen LogP contribution >= 0.6 is 0 Å². The lowest BCUT2D eigenvalue weighted by Crippen LogP contribution is -2.28. The fraction of sp³-hybridized carbons (Fsp3) is 0.250. The number of hydrogen-bond donors (Lipinski definition) is 2. The van der Waals surface area contributed by atoms with E-state index in [4.69, 9.17) is 9.39 Å². The molecule has 4 rings (SSSR count). The van der Waals surface area contributed by atoms with Gasteiger partial charge in [0.2, 0.25) is 0 Å². The highest BCUT2D eigenvalue weighted by atomic mass is 16.5. The van der Waals surface area contributed by atoms with Crippen molar-refractivity contribution in [3.63, 3.8) is 0 Å². The molecule has 0 atom stereocenters. The normalized spacial score (nSPS) is 12.9. The smallest absolute Gasteiger partial charge is 0.491 e. The topological polar surface area (TPSA) is 98.5 Å². The SMILES string of the molecule is Cc1c(C(=O)Nc2ccc3c(c2)COB3O)nnn1-c1ccc(OC(C)C)cc1. The van der Waals surface area contributed by atoms with E-state index >= 15 is 0 Å². The molecule has 0 unspecified atom stereocenters. The van der Waals surface area contributed by atoms with Gasteiger partial charge in [-0.15, -0.1) is 5.10 Å². The van der Waals surface area contributed by atoms with Gasteiger partial charge in [-0.05, 0) is 68.2 Å². The maximum Gasteiger partial charge on any atom is 0.491 e. The molecule has 0 radical (unpaired) electrons. The number of anilines is 1. The quantitative estimate of drug-likeness (QED) is 0.643. The van der Waals surface area contributed by atoms with Gasteiger partial charge in [0.1, 0.15) is 5.75 Å². The number of benzene rings is 2. The molecule has 1 amide bonds. The molecular weight excluding hydrogens is 371 g/mol. The van der Waals surface area contributed by atoms with Gasteiger partial charge in [0.05, 0.1) is 24.1 Å². The van der Waals surface area contributed by atoms with Crippen molar-refractivity contribution in [3.05, 3.63) is 59.4 Å². The van der Waals surface area contributed by atoms with Crippen molar-refractivity contribution in [2.24, 2.45) is 0 Å². The zero-order valence-corrected chi connectivity index (χ0v) is 16.4. The molecule has 1 aliphatic rings. The summed E-state index contributed by atoms with van der Waals surface area (Å²) in [4.78, 5) is 12.7. The van der Waals surface area contributed by atoms with Crippen molar-refractivity contribution >= 4 is 24.2 Å². The largest absolute Gasteiger partial charge is 0.491 e. The number of amides is 1. The Morgan fingerprint density at radius 1 is 1.28 bits per heavy atom. The first-order chi connectivity index (χ1) is 13.9. The van der Waals surface area contributed by atoms with Gasteiger partial charge in [0.25, 0.3) is 5.91 Å². The summed E-state index contributed by atoms with van der Waals surface area (Å²) >= 11 is 0. The van der Waals surface area contributed by atoms with E-state index in [0.29, 0.717) is 18.0 Å². The van der Waals surface area contributed by atoms with Crippen molar-refractivity contribution in [2.45, 2.75) is 33.5 Å². The first-order valence-corrected chi connectivity index (χ1v) is 9.35. The lowest BCUT2D eigenvalue weighted by molar-refractivity contribution is 0.102. The highest BCUT2D eigenvalue weighted by Gasteiger charge is 2.27. The first kappa shape index (κ1) is 19.2. The van der Waals surface area contributed by atoms with Crippen molar-refractivity contribution in [3.8, 4) is 11.4 Å². The molecule has 1 aliphatic heterocycles. The molecule has 2 aromatic carbocycles. The number of nitrogens with one attached hydrogen (secondary N) is 1. The Morgan fingerprint density at radius 2 is 2.03 bits per heavy atom. The summed E-state index contributed by atoms with van der Waals surface area (Å²) < 4.78 is 12.4. The Labute approximate surface area is 168 Å². The van der Waals surface area contributed by atoms with Crippen LogP contribution < -0.4 is 15.5 Å². The number of ether oxygens (including phenoxy) is 1. The fourth-order valence-electron chi connectivity index (χ4n) is 3.22. The van der Waals surface area contributed by atoms with E-state index in [1.54, 1.807) is 29.8 Å². The minimum Gasteiger partial charge on any atom is -0.491 e. The van der Waals surface area contributed by atoms with Gasteiger partial charge in [0, 0.05) is 5.69 Å². The van der Waals surface area contributed by atoms with Gasteiger partial charge in [-0.25, -0.2) is 4.68 Å². The predicted octanol–water partition coefficient (Wildman–Crippen LogP) is 1.83. The zero-order valence-electron chi connectivity index (χ0n) is 16.4. The number of carbonyl (C=O) groups is 1. The average Bonchev–Trinajstić information content (AvgIpc) is 3.25. The van der Waals surface area contributed by atoms with Crippen molar-refractivity contribution in [1.82, 2.24) is 15.0 Å². The number of fused-ring (bicyclic) bond motifs is 1. The predicted molar refractivity (Wildman–Crippen MR) is 109 cm³/mol. The minimum absolute atomic E-state index is 0.0956. The van der Waals surface area contributed by atoms with E-state index in [2.05, 4.69) is 15.6 Å². The van der Waals surface area contributed by atoms with Crippen molar-refractivity contribution in [2.75, 3.05) is 5.32 Å². The minimum atomic E-state index is -0.908. The second-order valence-corrected chi connectivity index (χ2v) is 7.13. The summed E-state index contributed by atoms with van der Waals surface area (Å²) in [6.07, 6.45) is 0.0956. The van der Waals surface area contributed by atoms with Gasteiger partial charge in [0.15, 0.2) is 5.69 Å². The molecule has 0 spiro atoms. The highest BCUT2D eigenvalue weighted by molar-refractivity contribution is 6.61. The summed E-state index contributed by atoms with van der Waals surface area (Å²) in [5.74, 6) is 0.415. The van der Waals surface area contributed by atoms with E-state index < -0.39 is 7.12 Å². The average molecular weight is 392 g/mol. The lowest BCUT2D eigenvalue weighted by atomic mass is 9.79. The van der Waals surface area contributed by atoms with Crippen LogP contribution in [0, 0.1) is 6.92 Å². The van der Waals surface area contributed by atoms with E-state index in [9.17, 15) is 9.82 Å². The molecule has 0 aliphatic carbocycles. The van der Waals surface area contributed by atoms with Crippen LogP contribution in [0.15, 0.2) is 42.5 Å². The molecule has 2 N–H and O–H groups in total. The molecule has 29 heavy (non-hydrogen) atoms. The van der Waals surface area contributed by atoms with E-state index in [1.807, 2.05) is 38.1 Å². The maximum absolute atomic E-state index is 12.7. The first-order valence-electron chi connectivity index (χ1n) is 9.35. The van der Waals surface area contributed by atoms with Crippen LogP contribution in [0.4, 0.5) is 5.69 Å². The molecular formula is C20H21BN4O4. The summed E-state index contributed by atoms with van der Waals surface area (Å²) in [5, 5.41) is 20.7. The van der Waals surface area contributed by atoms with Crippen LogP contribution in [0.2, 0.25) is 0 Å². The Hall–Kier alpha value is -3.17. The van der Waals surface area contributed by atoms with Gasteiger partial charge >= 0.3 is 7.12 Å². The zero-order chi connectivity index (χ0) is 20.5. The lowest BCUT2D eigenvalue weighted by Gasteiger charge is -2.10. The Morgan fingerprint density at radius 3 is 2.76 bits per heavy atom. The molecule has 0 saturated heterocycles. The Bertz CT molecular complexity index is 1050. The van der Waals surface area contributed by atoms with Crippen molar-refractivity contribution < 1.29 is 19.2 Å². The molecule has 0 bridgehead atoms. The number of hydrogen-bond acceptors (Lipinski definition) is 6. The molecule has 8 nitrogen and oxygen atoms in total. The third-order valence-electron chi connectivity index (χ3n) is 4.63. The van der Waals surface area contributed by atoms with Crippen molar-refractivity contribution in [1.29, 1.82) is 0 Å². The molecule has 1 aromatic heterocycles. The van der Waals surface area contributed by atoms with Gasteiger partial charge in [-0.3, -0.25) is 4.79 Å². The summed E-state index contributed by atoms with van der Waals surface area (Å²) in [5.41, 5.74) is 3.82. The van der Waals surface area contributed by atoms with Gasteiger partial charge in [-0.2, -0.15) is 0 Å². The van der Waals surface area contributed by atoms with Crippen LogP contribution in [-0.2, 0) is 11.3 Å². The number of aromatic nitrogens is 3. The van der Waals surface area contributed by atoms with Crippen LogP contribution in [0.3, 0.4) is 0 Å². The second kappa shape index (κ2) is 7.69. The summed E-state index contributed by atoms with van der Waals surface area (Å²) in [6.45, 7) is 6.04. The molecule has 0 saturated carbocycles. The molecule has 3 aromatic rings. The molecule has 0 fully saturated rings. The number of rotatable bonds is 5. The van der Waals surface area contributed by atoms with Gasteiger partial charge < -0.3 is 19.7 Å². The third kappa shape index (κ3) is 3.87. The van der Waals surface area contributed by atoms with E-state index in [0.717, 1.165) is 22.5 Å². The molecule has 148 valence electrons. The monoisotopic (exact) mass is 392 g/mol. The molecule has 9 heteroatoms. The van der Waals surface area contributed by atoms with Crippen LogP contribution in [0.25, 0.3) is 5.69 Å².